The van der Waals surface area contributed by atoms with Crippen LogP contribution < -0.4 is 15.4 Å². The lowest BCUT2D eigenvalue weighted by Gasteiger charge is -2.33. The number of nitrogens with one attached hydrogen (secondary N) is 2. The maximum Gasteiger partial charge on any atom is 0.278 e. The molecule has 2 N–H and O–H groups in total. The van der Waals surface area contributed by atoms with E-state index in [2.05, 4.69) is 15.7 Å². The van der Waals surface area contributed by atoms with E-state index in [1.54, 1.807) is 29.1 Å². The molecule has 2 heterocycles. The molecule has 1 atom stereocenters. The first kappa shape index (κ1) is 15.4. The zero-order valence-electron chi connectivity index (χ0n) is 12.6. The minimum atomic E-state index is -1.69. The van der Waals surface area contributed by atoms with Crippen molar-refractivity contribution >= 4 is 34.8 Å². The second-order valence-electron chi connectivity index (χ2n) is 5.27. The summed E-state index contributed by atoms with van der Waals surface area (Å²) in [4.78, 5) is 24.8. The van der Waals surface area contributed by atoms with E-state index in [9.17, 15) is 9.59 Å². The summed E-state index contributed by atoms with van der Waals surface area (Å²) in [7, 11) is 0. The highest BCUT2D eigenvalue weighted by atomic mass is 35.5. The van der Waals surface area contributed by atoms with Crippen molar-refractivity contribution in [2.75, 3.05) is 10.6 Å². The Bertz CT molecular complexity index is 789. The summed E-state index contributed by atoms with van der Waals surface area (Å²) in [6.45, 7) is 4.03. The van der Waals surface area contributed by atoms with E-state index in [4.69, 9.17) is 16.3 Å². The van der Waals surface area contributed by atoms with Gasteiger partial charge in [-0.1, -0.05) is 11.6 Å². The summed E-state index contributed by atoms with van der Waals surface area (Å²) in [6.07, 6.45) is 3.19. The van der Waals surface area contributed by atoms with E-state index in [0.29, 0.717) is 28.7 Å². The Morgan fingerprint density at radius 2 is 2.30 bits per heavy atom. The van der Waals surface area contributed by atoms with Crippen molar-refractivity contribution in [3.05, 3.63) is 35.6 Å². The number of carbonyl (C=O) groups is 2. The zero-order chi connectivity index (χ0) is 16.6. The van der Waals surface area contributed by atoms with Gasteiger partial charge in [-0.2, -0.15) is 5.10 Å². The van der Waals surface area contributed by atoms with Gasteiger partial charge in [0, 0.05) is 17.8 Å². The molecule has 0 radical (unpaired) electrons. The van der Waals surface area contributed by atoms with Crippen LogP contribution >= 0.6 is 11.6 Å². The minimum absolute atomic E-state index is 0.385. The van der Waals surface area contributed by atoms with Gasteiger partial charge in [-0.25, -0.2) is 0 Å². The Kier molecular flexibility index (Phi) is 3.73. The lowest BCUT2D eigenvalue weighted by atomic mass is 10.0. The molecular formula is C15H15ClN4O3. The lowest BCUT2D eigenvalue weighted by molar-refractivity contribution is -0.143. The molecule has 3 rings (SSSR count). The van der Waals surface area contributed by atoms with Crippen LogP contribution in [0.1, 0.15) is 13.8 Å². The highest BCUT2D eigenvalue weighted by Crippen LogP contribution is 2.35. The van der Waals surface area contributed by atoms with E-state index in [0.717, 1.165) is 0 Å². The Labute approximate surface area is 137 Å². The number of fused-ring (bicyclic) bond motifs is 1. The van der Waals surface area contributed by atoms with Gasteiger partial charge in [0.2, 0.25) is 0 Å². The monoisotopic (exact) mass is 334 g/mol. The number of aryl methyl sites for hydroxylation is 1. The first-order chi connectivity index (χ1) is 10.9. The van der Waals surface area contributed by atoms with Crippen LogP contribution in [-0.4, -0.2) is 27.2 Å². The third kappa shape index (κ3) is 2.75. The summed E-state index contributed by atoms with van der Waals surface area (Å²) in [5.74, 6) is -0.755. The highest BCUT2D eigenvalue weighted by Gasteiger charge is 2.47. The second-order valence-corrected chi connectivity index (χ2v) is 5.71. The maximum absolute atomic E-state index is 12.5. The molecule has 0 bridgehead atoms. The van der Waals surface area contributed by atoms with Crippen molar-refractivity contribution in [3.8, 4) is 5.75 Å². The molecule has 1 aliphatic heterocycles. The summed E-state index contributed by atoms with van der Waals surface area (Å²) in [5.41, 5.74) is -0.752. The first-order valence-corrected chi connectivity index (χ1v) is 7.44. The number of aromatic nitrogens is 2. The van der Waals surface area contributed by atoms with Gasteiger partial charge in [-0.3, -0.25) is 14.3 Å². The molecule has 1 aromatic heterocycles. The molecule has 8 heteroatoms. The van der Waals surface area contributed by atoms with Crippen molar-refractivity contribution in [2.24, 2.45) is 0 Å². The van der Waals surface area contributed by atoms with E-state index in [1.807, 2.05) is 6.92 Å². The van der Waals surface area contributed by atoms with Gasteiger partial charge < -0.3 is 15.4 Å². The standard InChI is InChI=1S/C15H15ClN4O3/c1-3-20-8-10(7-17-20)18-13(21)15(2)14(22)19-11-6-9(16)4-5-12(11)23-15/h4-8H,3H2,1-2H3,(H,18,21)(H,19,22)/t15-/m1/s1. The molecule has 0 saturated carbocycles. The van der Waals surface area contributed by atoms with Crippen molar-refractivity contribution in [1.82, 2.24) is 9.78 Å². The van der Waals surface area contributed by atoms with Crippen LogP contribution in [-0.2, 0) is 16.1 Å². The molecule has 7 nitrogen and oxygen atoms in total. The van der Waals surface area contributed by atoms with Gasteiger partial charge in [-0.15, -0.1) is 0 Å². The number of amides is 2. The van der Waals surface area contributed by atoms with Crippen LogP contribution in [0.3, 0.4) is 0 Å². The predicted octanol–water partition coefficient (Wildman–Crippen LogP) is 2.28. The highest BCUT2D eigenvalue weighted by molar-refractivity contribution is 6.31. The fraction of sp³-hybridized carbons (Fsp3) is 0.267. The van der Waals surface area contributed by atoms with E-state index >= 15 is 0 Å². The molecule has 0 unspecified atom stereocenters. The molecular weight excluding hydrogens is 320 g/mol. The summed E-state index contributed by atoms with van der Waals surface area (Å²) in [6, 6.07) is 4.80. The van der Waals surface area contributed by atoms with Crippen molar-refractivity contribution in [1.29, 1.82) is 0 Å². The van der Waals surface area contributed by atoms with Crippen molar-refractivity contribution in [2.45, 2.75) is 26.0 Å². The number of ether oxygens (including phenoxy) is 1. The lowest BCUT2D eigenvalue weighted by Crippen LogP contribution is -2.56. The topological polar surface area (TPSA) is 85.3 Å². The molecule has 23 heavy (non-hydrogen) atoms. The molecule has 0 aliphatic carbocycles. The number of benzene rings is 1. The Morgan fingerprint density at radius 1 is 1.52 bits per heavy atom. The summed E-state index contributed by atoms with van der Waals surface area (Å²) >= 11 is 5.89. The van der Waals surface area contributed by atoms with Gasteiger partial charge in [0.15, 0.2) is 0 Å². The van der Waals surface area contributed by atoms with Gasteiger partial charge in [0.05, 0.1) is 17.6 Å². The van der Waals surface area contributed by atoms with Crippen molar-refractivity contribution in [3.63, 3.8) is 0 Å². The Balaban J connectivity index is 1.84. The minimum Gasteiger partial charge on any atom is -0.466 e. The first-order valence-electron chi connectivity index (χ1n) is 7.06. The number of carbonyl (C=O) groups excluding carboxylic acids is 2. The van der Waals surface area contributed by atoms with Crippen LogP contribution in [0, 0.1) is 0 Å². The van der Waals surface area contributed by atoms with E-state index in [-0.39, 0.29) is 0 Å². The third-order valence-corrected chi connectivity index (χ3v) is 3.82. The summed E-state index contributed by atoms with van der Waals surface area (Å²) < 4.78 is 7.31. The number of hydrogen-bond donors (Lipinski definition) is 2. The van der Waals surface area contributed by atoms with Crippen LogP contribution in [0.15, 0.2) is 30.6 Å². The average molecular weight is 335 g/mol. The maximum atomic E-state index is 12.5. The Hall–Kier alpha value is -2.54. The van der Waals surface area contributed by atoms with Gasteiger partial charge in [0.1, 0.15) is 5.75 Å². The van der Waals surface area contributed by atoms with Gasteiger partial charge >= 0.3 is 0 Å². The average Bonchev–Trinajstić information content (AvgIpc) is 2.96. The van der Waals surface area contributed by atoms with Crippen LogP contribution in [0.25, 0.3) is 0 Å². The number of anilines is 2. The molecule has 0 saturated heterocycles. The van der Waals surface area contributed by atoms with E-state index in [1.165, 1.54) is 13.1 Å². The molecule has 120 valence electrons. The number of rotatable bonds is 3. The van der Waals surface area contributed by atoms with Gasteiger partial charge in [0.25, 0.3) is 17.4 Å². The van der Waals surface area contributed by atoms with Crippen molar-refractivity contribution < 1.29 is 14.3 Å². The molecule has 0 fully saturated rings. The molecule has 1 aromatic carbocycles. The number of hydrogen-bond acceptors (Lipinski definition) is 4. The Morgan fingerprint density at radius 3 is 3.00 bits per heavy atom. The predicted molar refractivity (Wildman–Crippen MR) is 85.6 cm³/mol. The molecule has 0 spiro atoms. The largest absolute Gasteiger partial charge is 0.466 e. The fourth-order valence-corrected chi connectivity index (χ4v) is 2.37. The third-order valence-electron chi connectivity index (χ3n) is 3.59. The smallest absolute Gasteiger partial charge is 0.278 e. The summed E-state index contributed by atoms with van der Waals surface area (Å²) in [5, 5.41) is 9.82. The fourth-order valence-electron chi connectivity index (χ4n) is 2.20. The molecule has 2 aromatic rings. The molecule has 2 amide bonds. The van der Waals surface area contributed by atoms with Crippen LogP contribution in [0.5, 0.6) is 5.75 Å². The van der Waals surface area contributed by atoms with Crippen LogP contribution in [0.4, 0.5) is 11.4 Å². The number of nitrogens with zero attached hydrogens (tertiary/aromatic N) is 2. The number of halogens is 1. The second kappa shape index (κ2) is 5.58. The zero-order valence-corrected chi connectivity index (χ0v) is 13.3. The van der Waals surface area contributed by atoms with Gasteiger partial charge in [-0.05, 0) is 32.0 Å². The normalized spacial score (nSPS) is 19.5. The SMILES string of the molecule is CCn1cc(NC(=O)[C@@]2(C)Oc3ccc(Cl)cc3NC2=O)cn1. The van der Waals surface area contributed by atoms with E-state index < -0.39 is 17.4 Å². The quantitative estimate of drug-likeness (QED) is 0.843. The molecule has 1 aliphatic rings. The van der Waals surface area contributed by atoms with Crippen LogP contribution in [0.2, 0.25) is 5.02 Å².